The van der Waals surface area contributed by atoms with E-state index in [4.69, 9.17) is 9.47 Å². The summed E-state index contributed by atoms with van der Waals surface area (Å²) in [7, 11) is 2.07. The summed E-state index contributed by atoms with van der Waals surface area (Å²) in [5.41, 5.74) is 1.29. The van der Waals surface area contributed by atoms with E-state index in [2.05, 4.69) is 29.9 Å². The molecule has 3 nitrogen and oxygen atoms in total. The molecular weight excluding hydrogens is 166 g/mol. The first kappa shape index (κ1) is 7.59. The second-order valence-corrected chi connectivity index (χ2v) is 3.83. The molecular formula is C10H13NO2. The zero-order valence-electron chi connectivity index (χ0n) is 7.69. The predicted molar refractivity (Wildman–Crippen MR) is 47.4 cm³/mol. The van der Waals surface area contributed by atoms with Gasteiger partial charge >= 0.3 is 0 Å². The van der Waals surface area contributed by atoms with E-state index in [0.29, 0.717) is 6.10 Å². The Labute approximate surface area is 77.3 Å². The lowest BCUT2D eigenvalue weighted by molar-refractivity contribution is 0.0962. The van der Waals surface area contributed by atoms with E-state index in [0.717, 1.165) is 19.6 Å². The monoisotopic (exact) mass is 179 g/mol. The smallest absolute Gasteiger partial charge is 0.139 e. The maximum atomic E-state index is 5.74. The summed E-state index contributed by atoms with van der Waals surface area (Å²) >= 11 is 0. The van der Waals surface area contributed by atoms with Crippen LogP contribution in [0.1, 0.15) is 12.1 Å². The number of ether oxygens (including phenoxy) is 2. The molecule has 70 valence electrons. The van der Waals surface area contributed by atoms with Crippen molar-refractivity contribution in [2.75, 3.05) is 13.2 Å². The van der Waals surface area contributed by atoms with Gasteiger partial charge in [-0.15, -0.1) is 0 Å². The number of hydrogen-bond acceptors (Lipinski definition) is 2. The second-order valence-electron chi connectivity index (χ2n) is 3.83. The number of epoxide rings is 1. The SMILES string of the molecule is Cn1cccc1[C@]12CCOC[C@@H]1O2. The van der Waals surface area contributed by atoms with Crippen LogP contribution in [0.2, 0.25) is 0 Å². The van der Waals surface area contributed by atoms with E-state index in [-0.39, 0.29) is 5.60 Å². The van der Waals surface area contributed by atoms with Gasteiger partial charge in [0, 0.05) is 26.3 Å². The maximum absolute atomic E-state index is 5.74. The third kappa shape index (κ3) is 0.914. The molecule has 0 N–H and O–H groups in total. The summed E-state index contributed by atoms with van der Waals surface area (Å²) in [5.74, 6) is 0. The molecule has 0 unspecified atom stereocenters. The van der Waals surface area contributed by atoms with Crippen molar-refractivity contribution in [3.05, 3.63) is 24.0 Å². The molecule has 0 saturated carbocycles. The quantitative estimate of drug-likeness (QED) is 0.602. The van der Waals surface area contributed by atoms with Gasteiger partial charge < -0.3 is 14.0 Å². The van der Waals surface area contributed by atoms with E-state index in [9.17, 15) is 0 Å². The molecule has 0 aliphatic carbocycles. The van der Waals surface area contributed by atoms with Crippen LogP contribution in [0.5, 0.6) is 0 Å². The van der Waals surface area contributed by atoms with Crippen molar-refractivity contribution < 1.29 is 9.47 Å². The predicted octanol–water partition coefficient (Wildman–Crippen LogP) is 1.04. The fraction of sp³-hybridized carbons (Fsp3) is 0.600. The van der Waals surface area contributed by atoms with Gasteiger partial charge in [-0.3, -0.25) is 0 Å². The van der Waals surface area contributed by atoms with Crippen molar-refractivity contribution in [1.82, 2.24) is 4.57 Å². The fourth-order valence-corrected chi connectivity index (χ4v) is 2.28. The highest BCUT2D eigenvalue weighted by Gasteiger charge is 2.60. The summed E-state index contributed by atoms with van der Waals surface area (Å²) in [6.45, 7) is 1.58. The summed E-state index contributed by atoms with van der Waals surface area (Å²) < 4.78 is 13.2. The summed E-state index contributed by atoms with van der Waals surface area (Å²) in [4.78, 5) is 0. The third-order valence-electron chi connectivity index (χ3n) is 3.08. The van der Waals surface area contributed by atoms with Crippen molar-refractivity contribution in [2.24, 2.45) is 7.05 Å². The van der Waals surface area contributed by atoms with Crippen LogP contribution in [0.4, 0.5) is 0 Å². The van der Waals surface area contributed by atoms with Crippen molar-refractivity contribution in [3.63, 3.8) is 0 Å². The first-order valence-corrected chi connectivity index (χ1v) is 4.70. The van der Waals surface area contributed by atoms with E-state index in [1.807, 2.05) is 0 Å². The van der Waals surface area contributed by atoms with Gasteiger partial charge in [-0.25, -0.2) is 0 Å². The molecule has 2 aliphatic heterocycles. The lowest BCUT2D eigenvalue weighted by Gasteiger charge is -2.18. The molecule has 0 spiro atoms. The Kier molecular flexibility index (Phi) is 1.38. The Balaban J connectivity index is 1.97. The number of hydrogen-bond donors (Lipinski definition) is 0. The summed E-state index contributed by atoms with van der Waals surface area (Å²) in [6, 6.07) is 4.21. The Hall–Kier alpha value is -0.800. The number of aromatic nitrogens is 1. The van der Waals surface area contributed by atoms with Gasteiger partial charge in [0.25, 0.3) is 0 Å². The van der Waals surface area contributed by atoms with Crippen molar-refractivity contribution in [1.29, 1.82) is 0 Å². The minimum atomic E-state index is -0.00347. The first-order valence-electron chi connectivity index (χ1n) is 4.70. The standard InChI is InChI=1S/C10H13NO2/c1-11-5-2-3-8(11)10-4-6-12-7-9(10)13-10/h2-3,5,9H,4,6-7H2,1H3/t9-,10+/m0/s1. The van der Waals surface area contributed by atoms with Crippen LogP contribution in [-0.2, 0) is 22.1 Å². The number of nitrogens with zero attached hydrogens (tertiary/aromatic N) is 1. The highest BCUT2D eigenvalue weighted by Crippen LogP contribution is 2.51. The maximum Gasteiger partial charge on any atom is 0.139 e. The largest absolute Gasteiger partial charge is 0.378 e. The van der Waals surface area contributed by atoms with Crippen LogP contribution in [0.25, 0.3) is 0 Å². The highest BCUT2D eigenvalue weighted by atomic mass is 16.6. The third-order valence-corrected chi connectivity index (χ3v) is 3.08. The zero-order valence-corrected chi connectivity index (χ0v) is 7.69. The molecule has 2 saturated heterocycles. The average Bonchev–Trinajstić information content (AvgIpc) is 2.74. The zero-order chi connectivity index (χ0) is 8.89. The molecule has 0 aromatic carbocycles. The fourth-order valence-electron chi connectivity index (χ4n) is 2.28. The van der Waals surface area contributed by atoms with Crippen LogP contribution in [0.15, 0.2) is 18.3 Å². The van der Waals surface area contributed by atoms with Gasteiger partial charge in [0.2, 0.25) is 0 Å². The summed E-state index contributed by atoms with van der Waals surface area (Å²) in [5, 5.41) is 0. The Morgan fingerprint density at radius 2 is 2.54 bits per heavy atom. The molecule has 0 bridgehead atoms. The molecule has 2 aliphatic rings. The van der Waals surface area contributed by atoms with Crippen LogP contribution in [-0.4, -0.2) is 23.9 Å². The van der Waals surface area contributed by atoms with E-state index in [1.54, 1.807) is 0 Å². The molecule has 3 rings (SSSR count). The molecule has 1 aromatic rings. The minimum absolute atomic E-state index is 0.00347. The van der Waals surface area contributed by atoms with Crippen LogP contribution < -0.4 is 0 Å². The molecule has 0 radical (unpaired) electrons. The van der Waals surface area contributed by atoms with E-state index < -0.39 is 0 Å². The Morgan fingerprint density at radius 3 is 3.23 bits per heavy atom. The first-order chi connectivity index (χ1) is 6.33. The topological polar surface area (TPSA) is 26.7 Å². The van der Waals surface area contributed by atoms with Gasteiger partial charge in [-0.2, -0.15) is 0 Å². The Morgan fingerprint density at radius 1 is 1.62 bits per heavy atom. The summed E-state index contributed by atoms with van der Waals surface area (Å²) in [6.07, 6.45) is 3.36. The lowest BCUT2D eigenvalue weighted by atomic mass is 9.96. The van der Waals surface area contributed by atoms with Crippen LogP contribution >= 0.6 is 0 Å². The molecule has 0 amide bonds. The van der Waals surface area contributed by atoms with Crippen LogP contribution in [0, 0.1) is 0 Å². The van der Waals surface area contributed by atoms with Gasteiger partial charge in [-0.05, 0) is 12.1 Å². The van der Waals surface area contributed by atoms with Crippen molar-refractivity contribution >= 4 is 0 Å². The van der Waals surface area contributed by atoms with E-state index in [1.165, 1.54) is 5.69 Å². The van der Waals surface area contributed by atoms with Crippen molar-refractivity contribution in [3.8, 4) is 0 Å². The average molecular weight is 179 g/mol. The molecule has 13 heavy (non-hydrogen) atoms. The van der Waals surface area contributed by atoms with Gasteiger partial charge in [0.1, 0.15) is 11.7 Å². The van der Waals surface area contributed by atoms with Gasteiger partial charge in [0.05, 0.1) is 12.3 Å². The molecule has 2 fully saturated rings. The molecule has 3 heterocycles. The van der Waals surface area contributed by atoms with Crippen LogP contribution in [0.3, 0.4) is 0 Å². The number of rotatable bonds is 1. The molecule has 1 aromatic heterocycles. The highest BCUT2D eigenvalue weighted by molar-refractivity contribution is 5.25. The van der Waals surface area contributed by atoms with Gasteiger partial charge in [0.15, 0.2) is 0 Å². The Bertz CT molecular complexity index is 333. The minimum Gasteiger partial charge on any atom is -0.378 e. The van der Waals surface area contributed by atoms with Crippen molar-refractivity contribution in [2.45, 2.75) is 18.1 Å². The lowest BCUT2D eigenvalue weighted by Crippen LogP contribution is -2.26. The normalized spacial score (nSPS) is 37.2. The number of aryl methyl sites for hydroxylation is 1. The van der Waals surface area contributed by atoms with E-state index >= 15 is 0 Å². The number of fused-ring (bicyclic) bond motifs is 1. The molecule has 2 atom stereocenters. The second kappa shape index (κ2) is 2.36. The van der Waals surface area contributed by atoms with Gasteiger partial charge in [-0.1, -0.05) is 0 Å². The molecule has 3 heteroatoms.